The second-order valence-corrected chi connectivity index (χ2v) is 14.0. The van der Waals surface area contributed by atoms with Gasteiger partial charge in [-0.25, -0.2) is 0 Å². The lowest BCUT2D eigenvalue weighted by Gasteiger charge is -2.29. The molecule has 0 N–H and O–H groups in total. The first-order valence-electron chi connectivity index (χ1n) is 18.7. The van der Waals surface area contributed by atoms with Crippen molar-refractivity contribution in [2.45, 2.75) is 0 Å². The summed E-state index contributed by atoms with van der Waals surface area (Å²) in [5.74, 6) is 0. The highest BCUT2D eigenvalue weighted by molar-refractivity contribution is 6.27. The van der Waals surface area contributed by atoms with Crippen molar-refractivity contribution in [2.75, 3.05) is 4.90 Å². The summed E-state index contributed by atoms with van der Waals surface area (Å²) >= 11 is 0. The number of furan rings is 2. The number of anilines is 3. The van der Waals surface area contributed by atoms with Crippen LogP contribution in [0.1, 0.15) is 0 Å². The number of hydrogen-bond acceptors (Lipinski definition) is 3. The summed E-state index contributed by atoms with van der Waals surface area (Å²) in [4.78, 5) is 2.43. The van der Waals surface area contributed by atoms with E-state index in [1.807, 2.05) is 6.07 Å². The molecule has 55 heavy (non-hydrogen) atoms. The van der Waals surface area contributed by atoms with Gasteiger partial charge in [0.2, 0.25) is 0 Å². The molecule has 0 aliphatic heterocycles. The number of benzene rings is 9. The molecular weight excluding hydrogens is 671 g/mol. The highest BCUT2D eigenvalue weighted by Crippen LogP contribution is 2.51. The molecule has 3 heteroatoms. The third kappa shape index (κ3) is 5.05. The van der Waals surface area contributed by atoms with Gasteiger partial charge in [0.15, 0.2) is 0 Å². The zero-order chi connectivity index (χ0) is 36.3. The average Bonchev–Trinajstić information content (AvgIpc) is 3.85. The molecule has 2 heterocycles. The van der Waals surface area contributed by atoms with Crippen molar-refractivity contribution in [1.29, 1.82) is 0 Å². The Hall–Kier alpha value is -7.36. The van der Waals surface area contributed by atoms with E-state index in [-0.39, 0.29) is 0 Å². The van der Waals surface area contributed by atoms with E-state index in [0.29, 0.717) is 0 Å². The molecule has 0 bridgehead atoms. The average molecular weight is 704 g/mol. The topological polar surface area (TPSA) is 29.5 Å². The van der Waals surface area contributed by atoms with E-state index in [4.69, 9.17) is 8.83 Å². The standard InChI is InChI=1S/C52H33NO2/c1-4-16-34(17-5-1)37-30-31-43(41(32-37)35-18-6-2-7-19-35)53(44-25-14-28-47-49(44)40-24-12-13-27-46(40)54-47)45-26-15-29-48-51(45)50-39-23-11-10-22-38(39)33-42(52(50)55-48)36-20-8-3-9-21-36/h1-33H. The van der Waals surface area contributed by atoms with Crippen LogP contribution in [0.25, 0.3) is 88.0 Å². The lowest BCUT2D eigenvalue weighted by molar-refractivity contribution is 0.669. The Balaban J connectivity index is 1.30. The van der Waals surface area contributed by atoms with Crippen LogP contribution in [0.2, 0.25) is 0 Å². The van der Waals surface area contributed by atoms with Gasteiger partial charge in [-0.05, 0) is 81.6 Å². The molecule has 11 rings (SSSR count). The van der Waals surface area contributed by atoms with Crippen molar-refractivity contribution in [1.82, 2.24) is 0 Å². The second kappa shape index (κ2) is 12.6. The molecule has 0 aliphatic carbocycles. The Labute approximate surface area is 317 Å². The number of hydrogen-bond donors (Lipinski definition) is 0. The summed E-state index contributed by atoms with van der Waals surface area (Å²) in [5, 5.41) is 6.60. The Kier molecular flexibility index (Phi) is 7.17. The molecule has 258 valence electrons. The van der Waals surface area contributed by atoms with E-state index in [9.17, 15) is 0 Å². The van der Waals surface area contributed by atoms with E-state index in [1.165, 1.54) is 5.56 Å². The van der Waals surface area contributed by atoms with Gasteiger partial charge >= 0.3 is 0 Å². The van der Waals surface area contributed by atoms with Gasteiger partial charge in [-0.2, -0.15) is 0 Å². The van der Waals surface area contributed by atoms with Crippen LogP contribution >= 0.6 is 0 Å². The molecule has 0 spiro atoms. The highest BCUT2D eigenvalue weighted by atomic mass is 16.3. The number of fused-ring (bicyclic) bond motifs is 8. The highest BCUT2D eigenvalue weighted by Gasteiger charge is 2.27. The molecule has 0 amide bonds. The third-order valence-corrected chi connectivity index (χ3v) is 10.8. The molecule has 0 radical (unpaired) electrons. The smallest absolute Gasteiger partial charge is 0.143 e. The molecule has 0 atom stereocenters. The summed E-state index contributed by atoms with van der Waals surface area (Å²) < 4.78 is 13.5. The SMILES string of the molecule is c1ccc(-c2ccc(N(c3cccc4oc5ccccc5c34)c3cccc4oc5c(-c6ccccc6)cc6ccccc6c5c34)c(-c3ccccc3)c2)cc1. The summed E-state index contributed by atoms with van der Waals surface area (Å²) in [5.41, 5.74) is 13.3. The van der Waals surface area contributed by atoms with E-state index in [0.717, 1.165) is 99.5 Å². The zero-order valence-corrected chi connectivity index (χ0v) is 29.8. The lowest BCUT2D eigenvalue weighted by Crippen LogP contribution is -2.12. The van der Waals surface area contributed by atoms with Gasteiger partial charge in [0.1, 0.15) is 22.3 Å². The first-order valence-corrected chi connectivity index (χ1v) is 18.7. The minimum atomic E-state index is 0.831. The van der Waals surface area contributed by atoms with Crippen LogP contribution in [0, 0.1) is 0 Å². The minimum Gasteiger partial charge on any atom is -0.456 e. The fourth-order valence-electron chi connectivity index (χ4n) is 8.39. The van der Waals surface area contributed by atoms with Crippen molar-refractivity contribution < 1.29 is 8.83 Å². The van der Waals surface area contributed by atoms with Crippen LogP contribution in [0.5, 0.6) is 0 Å². The molecule has 0 saturated carbocycles. The molecule has 3 nitrogen and oxygen atoms in total. The molecule has 0 fully saturated rings. The maximum absolute atomic E-state index is 7.00. The maximum atomic E-state index is 7.00. The van der Waals surface area contributed by atoms with Gasteiger partial charge in [0.25, 0.3) is 0 Å². The first kappa shape index (κ1) is 31.2. The normalized spacial score (nSPS) is 11.6. The van der Waals surface area contributed by atoms with Crippen LogP contribution in [-0.4, -0.2) is 0 Å². The number of rotatable bonds is 6. The summed E-state index contributed by atoms with van der Waals surface area (Å²) in [6, 6.07) is 70.8. The fourth-order valence-corrected chi connectivity index (χ4v) is 8.39. The van der Waals surface area contributed by atoms with E-state index in [2.05, 4.69) is 199 Å². The van der Waals surface area contributed by atoms with Crippen LogP contribution in [0.4, 0.5) is 17.1 Å². The van der Waals surface area contributed by atoms with Gasteiger partial charge in [-0.1, -0.05) is 152 Å². The molecule has 11 aromatic rings. The van der Waals surface area contributed by atoms with Gasteiger partial charge < -0.3 is 13.7 Å². The largest absolute Gasteiger partial charge is 0.456 e. The van der Waals surface area contributed by atoms with Crippen LogP contribution in [0.3, 0.4) is 0 Å². The zero-order valence-electron chi connectivity index (χ0n) is 29.8. The molecule has 0 aliphatic rings. The summed E-state index contributed by atoms with van der Waals surface area (Å²) in [6.07, 6.45) is 0. The Bertz CT molecular complexity index is 3200. The molecule has 2 aromatic heterocycles. The van der Waals surface area contributed by atoms with Crippen molar-refractivity contribution in [2.24, 2.45) is 0 Å². The third-order valence-electron chi connectivity index (χ3n) is 10.8. The predicted molar refractivity (Wildman–Crippen MR) is 229 cm³/mol. The predicted octanol–water partition coefficient (Wildman–Crippen LogP) is 15.1. The van der Waals surface area contributed by atoms with Gasteiger partial charge in [0, 0.05) is 21.9 Å². The Morgan fingerprint density at radius 1 is 0.309 bits per heavy atom. The van der Waals surface area contributed by atoms with E-state index in [1.54, 1.807) is 0 Å². The van der Waals surface area contributed by atoms with Crippen molar-refractivity contribution >= 4 is 71.7 Å². The molecular formula is C52H33NO2. The number of para-hydroxylation sites is 1. The lowest BCUT2D eigenvalue weighted by atomic mass is 9.94. The minimum absolute atomic E-state index is 0.831. The van der Waals surface area contributed by atoms with E-state index >= 15 is 0 Å². The number of nitrogens with zero attached hydrogens (tertiary/aromatic N) is 1. The van der Waals surface area contributed by atoms with Crippen molar-refractivity contribution in [3.8, 4) is 33.4 Å². The maximum Gasteiger partial charge on any atom is 0.143 e. The van der Waals surface area contributed by atoms with Crippen molar-refractivity contribution in [3.63, 3.8) is 0 Å². The second-order valence-electron chi connectivity index (χ2n) is 14.0. The summed E-state index contributed by atoms with van der Waals surface area (Å²) in [6.45, 7) is 0. The van der Waals surface area contributed by atoms with Crippen LogP contribution < -0.4 is 4.90 Å². The summed E-state index contributed by atoms with van der Waals surface area (Å²) in [7, 11) is 0. The van der Waals surface area contributed by atoms with E-state index < -0.39 is 0 Å². The molecule has 9 aromatic carbocycles. The van der Waals surface area contributed by atoms with Crippen LogP contribution in [0.15, 0.2) is 209 Å². The fraction of sp³-hybridized carbons (Fsp3) is 0. The van der Waals surface area contributed by atoms with Gasteiger partial charge in [-0.15, -0.1) is 0 Å². The van der Waals surface area contributed by atoms with Crippen LogP contribution in [-0.2, 0) is 0 Å². The Morgan fingerprint density at radius 2 is 0.873 bits per heavy atom. The molecule has 0 saturated heterocycles. The molecule has 0 unspecified atom stereocenters. The van der Waals surface area contributed by atoms with Gasteiger partial charge in [0.05, 0.1) is 27.8 Å². The van der Waals surface area contributed by atoms with Crippen molar-refractivity contribution in [3.05, 3.63) is 200 Å². The Morgan fingerprint density at radius 3 is 1.60 bits per heavy atom. The van der Waals surface area contributed by atoms with Gasteiger partial charge in [-0.3, -0.25) is 0 Å². The monoisotopic (exact) mass is 703 g/mol. The quantitative estimate of drug-likeness (QED) is 0.173. The first-order chi connectivity index (χ1) is 27.3.